The molecule has 2 saturated heterocycles. The molecule has 2 atom stereocenters. The molecule has 2 fully saturated rings. The predicted molar refractivity (Wildman–Crippen MR) is 440 cm³/mol. The Hall–Kier alpha value is -10.9. The van der Waals surface area contributed by atoms with Crippen LogP contribution in [0.4, 0.5) is 0 Å². The number of hydrogen-bond donors (Lipinski definition) is 1. The van der Waals surface area contributed by atoms with Crippen LogP contribution in [0.15, 0.2) is 180 Å². The van der Waals surface area contributed by atoms with E-state index in [1.54, 1.807) is 18.4 Å². The van der Waals surface area contributed by atoms with Gasteiger partial charge >= 0.3 is 5.97 Å². The fourth-order valence-electron chi connectivity index (χ4n) is 16.8. The predicted octanol–water partition coefficient (Wildman–Crippen LogP) is 18.4. The summed E-state index contributed by atoms with van der Waals surface area (Å²) >= 11 is 7.65. The Morgan fingerprint density at radius 3 is 1.68 bits per heavy atom. The van der Waals surface area contributed by atoms with Gasteiger partial charge in [0.15, 0.2) is 17.1 Å². The number of aryl methyl sites for hydroxylation is 5. The van der Waals surface area contributed by atoms with Crippen LogP contribution in [-0.2, 0) is 83.7 Å². The number of fused-ring (bicyclic) bond motifs is 5. The third-order valence-electron chi connectivity index (χ3n) is 23.3. The third kappa shape index (κ3) is 20.3. The van der Waals surface area contributed by atoms with Crippen LogP contribution in [0.5, 0.6) is 11.5 Å². The van der Waals surface area contributed by atoms with Gasteiger partial charge in [0.05, 0.1) is 37.6 Å². The van der Waals surface area contributed by atoms with Crippen molar-refractivity contribution in [3.8, 4) is 11.5 Å². The highest BCUT2D eigenvalue weighted by Crippen LogP contribution is 2.37. The van der Waals surface area contributed by atoms with E-state index in [1.807, 2.05) is 134 Å². The van der Waals surface area contributed by atoms with Gasteiger partial charge in [0, 0.05) is 95.3 Å². The highest BCUT2D eigenvalue weighted by molar-refractivity contribution is 7.09. The standard InChI is InChI=1S/C24H25ClN2O3.C21H22N2O3S.C19H22N2O2.C18H20N2O2.C10H13NO3/c1-29-21-8-4-2-6-18(21)16-27(15-14-17-10-12-19(25)13-11-17)24(28)23-20-7-3-5-9-22(20)30-26-23;24-21(20-18-10-4-5-11-19(18)26-22-20)23(15-17-9-6-14-27-17)12-13-25-16-7-2-1-3-8-16;22-19(18-16-8-4-5-9-17(16)20-23-18)21-12-10-15(11-13-21)14-6-2-1-3-7-14;21-18(17-14-9-4-5-11-16(14)22-19-17)20-12-6-10-15(20)13-7-2-1-3-8-13;1-2-6-3-4-8-7(5-6)9(10(12)13)14-11-8/h2,4,6,8,10-13H,3,5,7,9,14-16H2,1H3;1-3,6-9,14H,4-5,10-13,15H2;1-3,6-7,15H,4-5,8-13H2;1-3,7-8,15H,4-6,9-12H2;6H,2-5H2,1H3,(H,12,13). The highest BCUT2D eigenvalue weighted by atomic mass is 35.5. The number of halogens is 1. The summed E-state index contributed by atoms with van der Waals surface area (Å²) in [7, 11) is 1.65. The number of carboxylic acids is 1. The van der Waals surface area contributed by atoms with Crippen LogP contribution >= 0.6 is 22.9 Å². The fraction of sp³-hybridized carbons (Fsp3) is 0.413. The van der Waals surface area contributed by atoms with E-state index in [0.29, 0.717) is 72.5 Å². The molecule has 6 aromatic heterocycles. The molecule has 2 unspecified atom stereocenters. The van der Waals surface area contributed by atoms with Gasteiger partial charge in [-0.1, -0.05) is 166 Å². The number of piperidine rings is 1. The lowest BCUT2D eigenvalue weighted by Crippen LogP contribution is -2.38. The first-order valence-electron chi connectivity index (χ1n) is 41.3. The number of likely N-dealkylation sites (tertiary alicyclic amines) is 2. The summed E-state index contributed by atoms with van der Waals surface area (Å²) in [6.45, 7) is 7.01. The molecule has 22 nitrogen and oxygen atoms in total. The number of amides is 4. The number of ether oxygens (including phenoxy) is 2. The summed E-state index contributed by atoms with van der Waals surface area (Å²) in [5.74, 6) is 4.81. The van der Waals surface area contributed by atoms with Crippen LogP contribution in [0.2, 0.25) is 5.02 Å². The fourth-order valence-corrected chi connectivity index (χ4v) is 17.7. The van der Waals surface area contributed by atoms with Gasteiger partial charge in [0.1, 0.15) is 35.4 Å². The molecule has 2 aliphatic heterocycles. The molecule has 5 aliphatic carbocycles. The minimum absolute atomic E-state index is 0.0344. The first kappa shape index (κ1) is 81.6. The number of nitrogens with zero attached hydrogens (tertiary/aromatic N) is 9. The number of thiophene rings is 1. The maximum absolute atomic E-state index is 13.5. The number of aromatic carboxylic acids is 1. The number of carbonyl (C=O) groups is 5. The van der Waals surface area contributed by atoms with Gasteiger partial charge in [-0.3, -0.25) is 19.2 Å². The van der Waals surface area contributed by atoms with Crippen LogP contribution in [0.3, 0.4) is 0 Å². The van der Waals surface area contributed by atoms with E-state index >= 15 is 0 Å². The molecule has 0 spiro atoms. The lowest BCUT2D eigenvalue weighted by Gasteiger charge is -2.31. The van der Waals surface area contributed by atoms with Crippen molar-refractivity contribution in [2.24, 2.45) is 5.92 Å². The zero-order chi connectivity index (χ0) is 80.1. The molecule has 5 aromatic carbocycles. The van der Waals surface area contributed by atoms with Gasteiger partial charge in [0.2, 0.25) is 11.5 Å². The highest BCUT2D eigenvalue weighted by Gasteiger charge is 2.37. The summed E-state index contributed by atoms with van der Waals surface area (Å²) in [5.41, 5.74) is 12.9. The first-order chi connectivity index (χ1) is 56.9. The molecule has 0 radical (unpaired) electrons. The van der Waals surface area contributed by atoms with E-state index in [9.17, 15) is 24.0 Å². The second kappa shape index (κ2) is 40.1. The molecule has 4 amide bonds. The number of carboxylic acid groups (broad SMARTS) is 1. The molecule has 7 aliphatic rings. The van der Waals surface area contributed by atoms with Crippen LogP contribution in [0.1, 0.15) is 245 Å². The summed E-state index contributed by atoms with van der Waals surface area (Å²) in [6.07, 6.45) is 24.7. The number of methoxy groups -OCH3 is 1. The van der Waals surface area contributed by atoms with E-state index in [2.05, 4.69) is 75.2 Å². The number of carbonyl (C=O) groups excluding carboxylic acids is 4. The number of para-hydroxylation sites is 2. The average molecular weight is 1610 g/mol. The van der Waals surface area contributed by atoms with Crippen LogP contribution in [-0.4, -0.2) is 127 Å². The Balaban J connectivity index is 0.000000122. The van der Waals surface area contributed by atoms with E-state index < -0.39 is 5.97 Å². The monoisotopic (exact) mass is 1610 g/mol. The Kier molecular flexibility index (Phi) is 28.2. The SMILES string of the molecule is CCC1CCc2noc(C(=O)O)c2C1.COc1ccccc1CN(CCc1ccc(Cl)cc1)C(=O)c1noc2c1CCCC2.O=C(c1noc2c1CCCC2)N(CCOc1ccccc1)Cc1cccs1.O=C(c1noc2c1CCCC2)N1CCCC1c1ccccc1.O=C(c1onc2c1CCCC2)N1CCC(c2ccccc2)CC1. The first-order valence-corrected chi connectivity index (χ1v) is 42.6. The van der Waals surface area contributed by atoms with Crippen molar-refractivity contribution >= 4 is 52.5 Å². The van der Waals surface area contributed by atoms with Crippen molar-refractivity contribution in [3.63, 3.8) is 0 Å². The van der Waals surface area contributed by atoms with Crippen molar-refractivity contribution in [2.45, 2.75) is 192 Å². The number of aromatic nitrogens is 5. The number of rotatable bonds is 20. The van der Waals surface area contributed by atoms with Crippen LogP contribution in [0.25, 0.3) is 0 Å². The van der Waals surface area contributed by atoms with Crippen molar-refractivity contribution in [1.82, 2.24) is 45.4 Å². The lowest BCUT2D eigenvalue weighted by atomic mass is 9.85. The van der Waals surface area contributed by atoms with E-state index in [1.165, 1.54) is 11.1 Å². The van der Waals surface area contributed by atoms with Crippen LogP contribution in [0, 0.1) is 5.92 Å². The summed E-state index contributed by atoms with van der Waals surface area (Å²) in [4.78, 5) is 71.9. The molecule has 1 N–H and O–H groups in total. The smallest absolute Gasteiger partial charge is 0.375 e. The van der Waals surface area contributed by atoms with E-state index in [0.717, 1.165) is 264 Å². The zero-order valence-corrected chi connectivity index (χ0v) is 67.8. The second-order valence-electron chi connectivity index (χ2n) is 30.8. The quantitative estimate of drug-likeness (QED) is 0.0743. The van der Waals surface area contributed by atoms with E-state index in [-0.39, 0.29) is 35.4 Å². The maximum Gasteiger partial charge on any atom is 0.375 e. The summed E-state index contributed by atoms with van der Waals surface area (Å²) in [5, 5.41) is 31.9. The van der Waals surface area contributed by atoms with Gasteiger partial charge in [0.25, 0.3) is 23.6 Å². The van der Waals surface area contributed by atoms with Gasteiger partial charge in [-0.25, -0.2) is 4.79 Å². The Bertz CT molecular complexity index is 5030. The Labute approximate surface area is 685 Å². The summed E-state index contributed by atoms with van der Waals surface area (Å²) < 4.78 is 37.9. The number of benzene rings is 5. The van der Waals surface area contributed by atoms with Gasteiger partial charge in [-0.2, -0.15) is 0 Å². The summed E-state index contributed by atoms with van der Waals surface area (Å²) in [6, 6.07) is 50.3. The van der Waals surface area contributed by atoms with Crippen LogP contribution < -0.4 is 9.47 Å². The third-order valence-corrected chi connectivity index (χ3v) is 24.4. The second-order valence-corrected chi connectivity index (χ2v) is 32.2. The van der Waals surface area contributed by atoms with E-state index in [4.69, 9.17) is 48.8 Å². The van der Waals surface area contributed by atoms with Crippen molar-refractivity contribution in [2.75, 3.05) is 46.4 Å². The van der Waals surface area contributed by atoms with Crippen molar-refractivity contribution in [3.05, 3.63) is 274 Å². The minimum atomic E-state index is -1.00. The molecular formula is C92H102ClN9O13S. The largest absolute Gasteiger partial charge is 0.496 e. The normalized spacial score (nSPS) is 16.6. The zero-order valence-electron chi connectivity index (χ0n) is 66.2. The molecule has 0 saturated carbocycles. The Morgan fingerprint density at radius 1 is 0.517 bits per heavy atom. The van der Waals surface area contributed by atoms with Gasteiger partial charge in [-0.15, -0.1) is 11.3 Å². The molecule has 11 aromatic rings. The average Bonchev–Trinajstić information content (AvgIpc) is 1.63. The molecule has 8 heterocycles. The Morgan fingerprint density at radius 2 is 1.07 bits per heavy atom. The molecular weight excluding hydrogens is 1510 g/mol. The molecule has 0 bridgehead atoms. The van der Waals surface area contributed by atoms with Gasteiger partial charge < -0.3 is 56.8 Å². The molecule has 18 rings (SSSR count). The lowest BCUT2D eigenvalue weighted by molar-refractivity contribution is 0.0646. The molecule has 116 heavy (non-hydrogen) atoms. The van der Waals surface area contributed by atoms with Crippen molar-refractivity contribution < 1.29 is 61.2 Å². The topological polar surface area (TPSA) is 267 Å². The van der Waals surface area contributed by atoms with Gasteiger partial charge in [-0.05, 0) is 205 Å². The minimum Gasteiger partial charge on any atom is -0.496 e. The number of hydrogen-bond acceptors (Lipinski definition) is 18. The van der Waals surface area contributed by atoms with Crippen molar-refractivity contribution in [1.29, 1.82) is 0 Å². The molecule has 24 heteroatoms. The molecule has 606 valence electrons. The maximum atomic E-state index is 13.5.